The van der Waals surface area contributed by atoms with Crippen molar-refractivity contribution in [3.05, 3.63) is 69.7 Å². The van der Waals surface area contributed by atoms with Gasteiger partial charge in [-0.05, 0) is 42.0 Å². The van der Waals surface area contributed by atoms with Crippen molar-refractivity contribution >= 4 is 29.0 Å². The van der Waals surface area contributed by atoms with Gasteiger partial charge < -0.3 is 9.59 Å². The molecule has 3 aliphatic rings. The van der Waals surface area contributed by atoms with Crippen LogP contribution < -0.4 is 0 Å². The van der Waals surface area contributed by atoms with Crippen molar-refractivity contribution in [2.75, 3.05) is 26.2 Å². The maximum Gasteiger partial charge on any atom is 0.163 e. The predicted molar refractivity (Wildman–Crippen MR) is 113 cm³/mol. The van der Waals surface area contributed by atoms with Crippen LogP contribution in [0, 0.1) is 5.92 Å². The second-order valence-electron chi connectivity index (χ2n) is 8.41. The highest BCUT2D eigenvalue weighted by molar-refractivity contribution is 6.30. The van der Waals surface area contributed by atoms with Crippen LogP contribution in [-0.2, 0) is 5.60 Å². The SMILES string of the molecule is O=C(CCC[N+]12CCC(CC1)C(O)(c1ccc(Cl)cc1)C2)c1ccc(Cl)cc1. The first-order valence-corrected chi connectivity index (χ1v) is 10.8. The summed E-state index contributed by atoms with van der Waals surface area (Å²) < 4.78 is 0.906. The molecule has 2 aromatic rings. The number of Topliss-reactive ketones (excluding diaryl/α,β-unsaturated/α-hetero) is 1. The molecule has 5 heteroatoms. The summed E-state index contributed by atoms with van der Waals surface area (Å²) in [6.45, 7) is 3.85. The Morgan fingerprint density at radius 1 is 1.00 bits per heavy atom. The van der Waals surface area contributed by atoms with Crippen LogP contribution >= 0.6 is 23.2 Å². The second-order valence-corrected chi connectivity index (χ2v) is 9.28. The van der Waals surface area contributed by atoms with Crippen molar-refractivity contribution in [1.82, 2.24) is 0 Å². The molecule has 0 spiro atoms. The van der Waals surface area contributed by atoms with Gasteiger partial charge in [0, 0.05) is 47.2 Å². The van der Waals surface area contributed by atoms with Crippen LogP contribution in [0.5, 0.6) is 0 Å². The summed E-state index contributed by atoms with van der Waals surface area (Å²) in [6, 6.07) is 14.8. The lowest BCUT2D eigenvalue weighted by Crippen LogP contribution is -2.67. The molecule has 2 aromatic carbocycles. The topological polar surface area (TPSA) is 37.3 Å². The van der Waals surface area contributed by atoms with E-state index in [1.165, 1.54) is 0 Å². The number of halogens is 2. The number of hydrogen-bond acceptors (Lipinski definition) is 2. The smallest absolute Gasteiger partial charge is 0.163 e. The molecular formula is C23H26Cl2NO2+. The Morgan fingerprint density at radius 3 is 2.18 bits per heavy atom. The lowest BCUT2D eigenvalue weighted by molar-refractivity contribution is -0.952. The molecule has 0 aliphatic carbocycles. The molecule has 3 aliphatic heterocycles. The second kappa shape index (κ2) is 7.79. The number of nitrogens with zero attached hydrogens (tertiary/aromatic N) is 1. The molecule has 0 aromatic heterocycles. The quantitative estimate of drug-likeness (QED) is 0.524. The number of ketones is 1. The summed E-state index contributed by atoms with van der Waals surface area (Å²) in [5.41, 5.74) is 0.904. The third-order valence-electron chi connectivity index (χ3n) is 6.70. The normalized spacial score (nSPS) is 29.0. The summed E-state index contributed by atoms with van der Waals surface area (Å²) in [5, 5.41) is 12.9. The van der Waals surface area contributed by atoms with E-state index in [1.54, 1.807) is 24.3 Å². The van der Waals surface area contributed by atoms with E-state index < -0.39 is 5.60 Å². The van der Waals surface area contributed by atoms with Gasteiger partial charge in [0.1, 0.15) is 12.1 Å². The summed E-state index contributed by atoms with van der Waals surface area (Å²) in [6.07, 6.45) is 3.43. The number of benzene rings is 2. The predicted octanol–water partition coefficient (Wildman–Crippen LogP) is 5.08. The van der Waals surface area contributed by atoms with Crippen LogP contribution in [0.3, 0.4) is 0 Å². The molecule has 3 saturated heterocycles. The van der Waals surface area contributed by atoms with E-state index in [-0.39, 0.29) is 5.78 Å². The number of fused-ring (bicyclic) bond motifs is 3. The molecule has 3 fully saturated rings. The monoisotopic (exact) mass is 418 g/mol. The van der Waals surface area contributed by atoms with Gasteiger partial charge in [-0.15, -0.1) is 0 Å². The number of piperidine rings is 3. The first kappa shape index (κ1) is 19.9. The minimum absolute atomic E-state index is 0.162. The third kappa shape index (κ3) is 3.86. The van der Waals surface area contributed by atoms with Crippen LogP contribution in [-0.4, -0.2) is 41.6 Å². The fourth-order valence-electron chi connectivity index (χ4n) is 5.11. The van der Waals surface area contributed by atoms with E-state index >= 15 is 0 Å². The molecular weight excluding hydrogens is 393 g/mol. The van der Waals surface area contributed by atoms with Crippen LogP contribution in [0.15, 0.2) is 48.5 Å². The molecule has 3 heterocycles. The largest absolute Gasteiger partial charge is 0.379 e. The average Bonchev–Trinajstić information content (AvgIpc) is 2.69. The highest BCUT2D eigenvalue weighted by atomic mass is 35.5. The van der Waals surface area contributed by atoms with Gasteiger partial charge in [-0.3, -0.25) is 4.79 Å². The molecule has 5 rings (SSSR count). The van der Waals surface area contributed by atoms with Gasteiger partial charge in [-0.25, -0.2) is 0 Å². The minimum atomic E-state index is -0.790. The van der Waals surface area contributed by atoms with E-state index in [9.17, 15) is 9.90 Å². The standard InChI is InChI=1S/C23H26Cl2NO2/c24-20-7-3-17(4-8-20)22(27)2-1-13-26-14-11-19(12-15-26)23(28,16-26)18-5-9-21(25)10-6-18/h3-10,19,28H,1-2,11-16H2/q+1. The van der Waals surface area contributed by atoms with Crippen LogP contribution in [0.2, 0.25) is 10.0 Å². The van der Waals surface area contributed by atoms with E-state index in [4.69, 9.17) is 23.2 Å². The minimum Gasteiger partial charge on any atom is -0.379 e. The van der Waals surface area contributed by atoms with Crippen molar-refractivity contribution in [2.45, 2.75) is 31.3 Å². The Bertz CT molecular complexity index is 842. The number of rotatable bonds is 6. The maximum atomic E-state index is 12.5. The Balaban J connectivity index is 1.42. The van der Waals surface area contributed by atoms with Crippen molar-refractivity contribution in [1.29, 1.82) is 0 Å². The van der Waals surface area contributed by atoms with Crippen LogP contribution in [0.25, 0.3) is 0 Å². The van der Waals surface area contributed by atoms with Crippen molar-refractivity contribution in [2.24, 2.45) is 5.92 Å². The Kier molecular flexibility index (Phi) is 5.54. The van der Waals surface area contributed by atoms with Gasteiger partial charge in [-0.1, -0.05) is 35.3 Å². The zero-order valence-corrected chi connectivity index (χ0v) is 17.4. The number of carbonyl (C=O) groups excluding carboxylic acids is 1. The molecule has 1 atom stereocenters. The zero-order valence-electron chi connectivity index (χ0n) is 15.9. The number of aliphatic hydroxyl groups is 1. The van der Waals surface area contributed by atoms with E-state index in [2.05, 4.69) is 0 Å². The Hall–Kier alpha value is -1.39. The molecule has 28 heavy (non-hydrogen) atoms. The highest BCUT2D eigenvalue weighted by Gasteiger charge is 2.54. The number of carbonyl (C=O) groups is 1. The van der Waals surface area contributed by atoms with Crippen LogP contribution in [0.4, 0.5) is 0 Å². The summed E-state index contributed by atoms with van der Waals surface area (Å²) >= 11 is 11.9. The van der Waals surface area contributed by atoms with Gasteiger partial charge in [0.2, 0.25) is 0 Å². The molecule has 2 bridgehead atoms. The van der Waals surface area contributed by atoms with E-state index in [0.29, 0.717) is 22.4 Å². The number of hydrogen-bond donors (Lipinski definition) is 1. The summed E-state index contributed by atoms with van der Waals surface area (Å²) in [5.74, 6) is 0.471. The first-order chi connectivity index (χ1) is 13.4. The molecule has 0 amide bonds. The molecule has 1 unspecified atom stereocenters. The Labute approximate surface area is 176 Å². The molecule has 1 N–H and O–H groups in total. The first-order valence-electron chi connectivity index (χ1n) is 10.0. The van der Waals surface area contributed by atoms with Gasteiger partial charge in [-0.2, -0.15) is 0 Å². The average molecular weight is 419 g/mol. The van der Waals surface area contributed by atoms with Gasteiger partial charge in [0.05, 0.1) is 19.6 Å². The molecule has 148 valence electrons. The fourth-order valence-corrected chi connectivity index (χ4v) is 5.37. The maximum absolute atomic E-state index is 12.5. The van der Waals surface area contributed by atoms with Crippen molar-refractivity contribution < 1.29 is 14.4 Å². The summed E-state index contributed by atoms with van der Waals surface area (Å²) in [4.78, 5) is 12.5. The summed E-state index contributed by atoms with van der Waals surface area (Å²) in [7, 11) is 0. The lowest BCUT2D eigenvalue weighted by atomic mass is 9.70. The molecule has 3 nitrogen and oxygen atoms in total. The molecule has 0 radical (unpaired) electrons. The number of quaternary nitrogens is 1. The van der Waals surface area contributed by atoms with E-state index in [0.717, 1.165) is 61.1 Å². The highest BCUT2D eigenvalue weighted by Crippen LogP contribution is 2.46. The van der Waals surface area contributed by atoms with Gasteiger partial charge in [0.15, 0.2) is 5.78 Å². The zero-order chi connectivity index (χ0) is 19.8. The van der Waals surface area contributed by atoms with E-state index in [1.807, 2.05) is 24.3 Å². The van der Waals surface area contributed by atoms with Crippen molar-refractivity contribution in [3.8, 4) is 0 Å². The van der Waals surface area contributed by atoms with Gasteiger partial charge in [0.25, 0.3) is 0 Å². The Morgan fingerprint density at radius 2 is 1.57 bits per heavy atom. The van der Waals surface area contributed by atoms with Crippen molar-refractivity contribution in [3.63, 3.8) is 0 Å². The molecule has 0 saturated carbocycles. The third-order valence-corrected chi connectivity index (χ3v) is 7.21. The van der Waals surface area contributed by atoms with Gasteiger partial charge >= 0.3 is 0 Å². The lowest BCUT2D eigenvalue weighted by Gasteiger charge is -2.56. The van der Waals surface area contributed by atoms with Crippen LogP contribution in [0.1, 0.15) is 41.6 Å². The fraction of sp³-hybridized carbons (Fsp3) is 0.435.